The molecule has 8 heteroatoms. The van der Waals surface area contributed by atoms with Crippen molar-refractivity contribution in [2.75, 3.05) is 26.3 Å². The molecule has 0 aromatic heterocycles. The number of aliphatic hydroxyl groups excluding tert-OH is 2. The summed E-state index contributed by atoms with van der Waals surface area (Å²) in [5, 5.41) is 23.3. The fourth-order valence-corrected chi connectivity index (χ4v) is 4.48. The number of hydrogen-bond donors (Lipinski definition) is 3. The molecule has 1 aliphatic carbocycles. The molecule has 0 spiro atoms. The first kappa shape index (κ1) is 25.9. The van der Waals surface area contributed by atoms with Gasteiger partial charge in [0, 0.05) is 36.9 Å². The van der Waals surface area contributed by atoms with Gasteiger partial charge in [-0.1, -0.05) is 23.8 Å². The highest BCUT2D eigenvalue weighted by atomic mass is 16.5. The van der Waals surface area contributed by atoms with Gasteiger partial charge in [-0.2, -0.15) is 0 Å². The third-order valence-electron chi connectivity index (χ3n) is 5.93. The molecule has 1 aromatic rings. The molecule has 0 saturated heterocycles. The summed E-state index contributed by atoms with van der Waals surface area (Å²) in [6, 6.07) is 6.65. The highest BCUT2D eigenvalue weighted by molar-refractivity contribution is 5.96. The van der Waals surface area contributed by atoms with Gasteiger partial charge in [0.15, 0.2) is 0 Å². The lowest BCUT2D eigenvalue weighted by atomic mass is 9.77. The zero-order valence-corrected chi connectivity index (χ0v) is 20.4. The van der Waals surface area contributed by atoms with E-state index < -0.39 is 24.2 Å². The average Bonchev–Trinajstić information content (AvgIpc) is 3.18. The molecule has 3 N–H and O–H groups in total. The smallest absolute Gasteiger partial charge is 0.247 e. The second kappa shape index (κ2) is 11.6. The maximum atomic E-state index is 13.2. The fraction of sp³-hybridized carbons (Fsp3) is 0.538. The quantitative estimate of drug-likeness (QED) is 0.355. The van der Waals surface area contributed by atoms with Gasteiger partial charge in [-0.15, -0.1) is 0 Å². The number of rotatable bonds is 10. The minimum atomic E-state index is -1.03. The first-order valence-electron chi connectivity index (χ1n) is 11.9. The number of amides is 2. The van der Waals surface area contributed by atoms with Gasteiger partial charge in [0.2, 0.25) is 11.8 Å². The largest absolute Gasteiger partial charge is 0.486 e. The van der Waals surface area contributed by atoms with Crippen LogP contribution in [-0.2, 0) is 14.3 Å². The van der Waals surface area contributed by atoms with Crippen LogP contribution < -0.4 is 10.1 Å². The van der Waals surface area contributed by atoms with Gasteiger partial charge < -0.3 is 29.9 Å². The van der Waals surface area contributed by atoms with Crippen molar-refractivity contribution in [2.45, 2.75) is 64.4 Å². The molecule has 4 atom stereocenters. The van der Waals surface area contributed by atoms with Crippen molar-refractivity contribution in [3.05, 3.63) is 53.1 Å². The number of para-hydroxylation sites is 1. The maximum Gasteiger partial charge on any atom is 0.247 e. The van der Waals surface area contributed by atoms with Gasteiger partial charge in [-0.05, 0) is 46.3 Å². The highest BCUT2D eigenvalue weighted by Gasteiger charge is 2.50. The molecular weight excluding hydrogens is 436 g/mol. The zero-order valence-electron chi connectivity index (χ0n) is 20.4. The first-order chi connectivity index (χ1) is 16.2. The van der Waals surface area contributed by atoms with Crippen LogP contribution in [0.3, 0.4) is 0 Å². The summed E-state index contributed by atoms with van der Waals surface area (Å²) < 4.78 is 11.7. The summed E-state index contributed by atoms with van der Waals surface area (Å²) in [5.41, 5.74) is 2.08. The van der Waals surface area contributed by atoms with Crippen LogP contribution in [0.5, 0.6) is 5.75 Å². The number of carbonyl (C=O) groups is 2. The molecule has 1 aliphatic heterocycles. The molecule has 3 rings (SSSR count). The van der Waals surface area contributed by atoms with E-state index in [2.05, 4.69) is 5.32 Å². The van der Waals surface area contributed by atoms with Crippen LogP contribution in [0.1, 0.15) is 45.6 Å². The van der Waals surface area contributed by atoms with Crippen molar-refractivity contribution >= 4 is 11.8 Å². The number of hydrogen-bond acceptors (Lipinski definition) is 6. The van der Waals surface area contributed by atoms with Crippen molar-refractivity contribution in [3.63, 3.8) is 0 Å². The predicted octanol–water partition coefficient (Wildman–Crippen LogP) is 1.92. The number of nitrogens with zero attached hydrogens (tertiary/aromatic N) is 1. The minimum absolute atomic E-state index is 0.0788. The molecular formula is C26H36N2O6. The zero-order chi connectivity index (χ0) is 24.8. The molecule has 186 valence electrons. The number of allylic oxidation sites excluding steroid dienone is 1. The van der Waals surface area contributed by atoms with E-state index in [0.717, 1.165) is 11.1 Å². The van der Waals surface area contributed by atoms with Gasteiger partial charge in [-0.3, -0.25) is 9.59 Å². The standard InChI is InChI=1S/C26H36N2O6/c1-16(2)14-22(30)28(11-7-13-33-17(3)4)20-15-19(26(32)27-10-12-29)23-18-8-5-6-9-21(18)34-25(23)24(20)31/h5-6,8-9,14-15,17,20,23-25,29,31H,7,10-13H2,1-4H3,(H,27,32). The summed E-state index contributed by atoms with van der Waals surface area (Å²) in [7, 11) is 0. The van der Waals surface area contributed by atoms with Crippen LogP contribution in [0, 0.1) is 0 Å². The summed E-state index contributed by atoms with van der Waals surface area (Å²) in [6.07, 6.45) is 2.13. The van der Waals surface area contributed by atoms with Crippen LogP contribution in [0.15, 0.2) is 47.6 Å². The molecule has 1 aromatic carbocycles. The number of aliphatic hydroxyl groups is 2. The summed E-state index contributed by atoms with van der Waals surface area (Å²) >= 11 is 0. The van der Waals surface area contributed by atoms with Crippen molar-refractivity contribution in [2.24, 2.45) is 0 Å². The predicted molar refractivity (Wildman–Crippen MR) is 128 cm³/mol. The van der Waals surface area contributed by atoms with Gasteiger partial charge in [0.1, 0.15) is 18.0 Å². The van der Waals surface area contributed by atoms with E-state index in [0.29, 0.717) is 30.9 Å². The number of carbonyl (C=O) groups excluding carboxylic acids is 2. The fourth-order valence-electron chi connectivity index (χ4n) is 4.48. The van der Waals surface area contributed by atoms with Crippen LogP contribution in [0.4, 0.5) is 0 Å². The first-order valence-corrected chi connectivity index (χ1v) is 11.9. The Hall–Kier alpha value is -2.68. The van der Waals surface area contributed by atoms with Crippen molar-refractivity contribution in [1.82, 2.24) is 10.2 Å². The van der Waals surface area contributed by atoms with Crippen LogP contribution >= 0.6 is 0 Å². The number of benzene rings is 1. The van der Waals surface area contributed by atoms with Gasteiger partial charge in [0.25, 0.3) is 0 Å². The molecule has 2 amide bonds. The minimum Gasteiger partial charge on any atom is -0.486 e. The molecule has 34 heavy (non-hydrogen) atoms. The Labute approximate surface area is 201 Å². The Morgan fingerprint density at radius 2 is 2.00 bits per heavy atom. The second-order valence-corrected chi connectivity index (χ2v) is 9.21. The molecule has 0 bridgehead atoms. The van der Waals surface area contributed by atoms with E-state index >= 15 is 0 Å². The van der Waals surface area contributed by atoms with Gasteiger partial charge in [-0.25, -0.2) is 0 Å². The Kier molecular flexibility index (Phi) is 8.88. The van der Waals surface area contributed by atoms with Crippen molar-refractivity contribution < 1.29 is 29.3 Å². The molecule has 0 fully saturated rings. The van der Waals surface area contributed by atoms with Crippen LogP contribution in [0.25, 0.3) is 0 Å². The molecule has 0 radical (unpaired) electrons. The third-order valence-corrected chi connectivity index (χ3v) is 5.93. The molecule has 1 heterocycles. The summed E-state index contributed by atoms with van der Waals surface area (Å²) in [4.78, 5) is 27.9. The molecule has 2 aliphatic rings. The number of nitrogens with one attached hydrogen (secondary N) is 1. The van der Waals surface area contributed by atoms with E-state index in [9.17, 15) is 19.8 Å². The van der Waals surface area contributed by atoms with Gasteiger partial charge in [0.05, 0.1) is 24.7 Å². The Morgan fingerprint density at radius 3 is 2.68 bits per heavy atom. The maximum absolute atomic E-state index is 13.2. The van der Waals surface area contributed by atoms with E-state index in [4.69, 9.17) is 9.47 Å². The van der Waals surface area contributed by atoms with E-state index in [1.165, 1.54) is 6.08 Å². The topological polar surface area (TPSA) is 108 Å². The SMILES string of the molecule is CC(C)=CC(=O)N(CCCOC(C)C)C1C=C(C(=O)NCCO)C2c3ccccc3OC2C1O. The van der Waals surface area contributed by atoms with Gasteiger partial charge >= 0.3 is 0 Å². The van der Waals surface area contributed by atoms with E-state index in [1.807, 2.05) is 52.0 Å². The summed E-state index contributed by atoms with van der Waals surface area (Å²) in [6.45, 7) is 8.32. The Morgan fingerprint density at radius 1 is 1.26 bits per heavy atom. The molecule has 4 unspecified atom stereocenters. The van der Waals surface area contributed by atoms with Crippen LogP contribution in [0.2, 0.25) is 0 Å². The molecule has 0 saturated carbocycles. The lowest BCUT2D eigenvalue weighted by molar-refractivity contribution is -0.132. The third kappa shape index (κ3) is 5.87. The van der Waals surface area contributed by atoms with E-state index in [-0.39, 0.29) is 31.1 Å². The Bertz CT molecular complexity index is 937. The van der Waals surface area contributed by atoms with Crippen molar-refractivity contribution in [3.8, 4) is 5.75 Å². The molecule has 8 nitrogen and oxygen atoms in total. The lowest BCUT2D eigenvalue weighted by Crippen LogP contribution is -2.55. The average molecular weight is 473 g/mol. The highest BCUT2D eigenvalue weighted by Crippen LogP contribution is 2.47. The monoisotopic (exact) mass is 472 g/mol. The summed E-state index contributed by atoms with van der Waals surface area (Å²) in [5.74, 6) is -0.440. The van der Waals surface area contributed by atoms with E-state index in [1.54, 1.807) is 11.0 Å². The number of fused-ring (bicyclic) bond motifs is 3. The number of ether oxygens (including phenoxy) is 2. The van der Waals surface area contributed by atoms with Crippen LogP contribution in [-0.4, -0.2) is 77.6 Å². The van der Waals surface area contributed by atoms with Crippen molar-refractivity contribution in [1.29, 1.82) is 0 Å². The lowest BCUT2D eigenvalue weighted by Gasteiger charge is -2.40. The second-order valence-electron chi connectivity index (χ2n) is 9.21. The Balaban J connectivity index is 1.98. The normalized spacial score (nSPS) is 22.9.